The average Bonchev–Trinajstić information content (AvgIpc) is 2.38. The van der Waals surface area contributed by atoms with Gasteiger partial charge in [-0.2, -0.15) is 8.78 Å². The molecule has 106 valence electrons. The summed E-state index contributed by atoms with van der Waals surface area (Å²) in [4.78, 5) is 8.86. The first kappa shape index (κ1) is 14.7. The molecule has 20 heavy (non-hydrogen) atoms. The molecular weight excluding hydrogens is 284 g/mol. The Labute approximate surface area is 119 Å². The van der Waals surface area contributed by atoms with Crippen LogP contribution in [-0.2, 0) is 11.3 Å². The molecule has 0 aliphatic carbocycles. The number of nitrogens with zero attached hydrogens (tertiary/aromatic N) is 2. The van der Waals surface area contributed by atoms with Crippen LogP contribution >= 0.6 is 11.8 Å². The summed E-state index contributed by atoms with van der Waals surface area (Å²) in [5.74, 6) is -1.61. The maximum Gasteiger partial charge on any atom is 0.288 e. The summed E-state index contributed by atoms with van der Waals surface area (Å²) in [6.07, 6.45) is 0. The minimum Gasteiger partial charge on any atom is -0.384 e. The summed E-state index contributed by atoms with van der Waals surface area (Å²) < 4.78 is 29.5. The molecule has 0 saturated heterocycles. The lowest BCUT2D eigenvalue weighted by atomic mass is 10.1. The van der Waals surface area contributed by atoms with Gasteiger partial charge >= 0.3 is 0 Å². The molecule has 0 aliphatic rings. The predicted molar refractivity (Wildman–Crippen MR) is 74.5 cm³/mol. The van der Waals surface area contributed by atoms with Crippen molar-refractivity contribution in [1.82, 2.24) is 9.97 Å². The molecule has 2 aromatic rings. The van der Waals surface area contributed by atoms with Gasteiger partial charge < -0.3 is 10.5 Å². The third-order valence-electron chi connectivity index (χ3n) is 2.44. The van der Waals surface area contributed by atoms with Gasteiger partial charge in [-0.15, -0.1) is 0 Å². The number of benzene rings is 1. The normalized spacial score (nSPS) is 11.0. The van der Waals surface area contributed by atoms with Crippen molar-refractivity contribution in [2.24, 2.45) is 0 Å². The van der Waals surface area contributed by atoms with Crippen LogP contribution in [0.5, 0.6) is 0 Å². The van der Waals surface area contributed by atoms with E-state index >= 15 is 0 Å². The number of methoxy groups -OCH3 is 1. The van der Waals surface area contributed by atoms with Crippen molar-refractivity contribution in [3.8, 4) is 11.3 Å². The smallest absolute Gasteiger partial charge is 0.288 e. The summed E-state index contributed by atoms with van der Waals surface area (Å²) in [5.41, 5.74) is 7.14. The van der Waals surface area contributed by atoms with Gasteiger partial charge in [-0.25, -0.2) is 9.97 Å². The highest BCUT2D eigenvalue weighted by molar-refractivity contribution is 7.99. The maximum absolute atomic E-state index is 12.2. The van der Waals surface area contributed by atoms with E-state index in [-0.39, 0.29) is 6.61 Å². The van der Waals surface area contributed by atoms with Crippen LogP contribution in [0.15, 0.2) is 35.2 Å². The lowest BCUT2D eigenvalue weighted by molar-refractivity contribution is 0.178. The fourth-order valence-corrected chi connectivity index (χ4v) is 2.17. The van der Waals surface area contributed by atoms with E-state index in [0.29, 0.717) is 34.0 Å². The van der Waals surface area contributed by atoms with Crippen LogP contribution < -0.4 is 5.73 Å². The van der Waals surface area contributed by atoms with Gasteiger partial charge in [0, 0.05) is 23.6 Å². The van der Waals surface area contributed by atoms with Gasteiger partial charge in [0.2, 0.25) is 0 Å². The van der Waals surface area contributed by atoms with Crippen molar-refractivity contribution in [3.63, 3.8) is 0 Å². The lowest BCUT2D eigenvalue weighted by Crippen LogP contribution is -2.02. The number of anilines is 1. The number of hydrogen-bond acceptors (Lipinski definition) is 5. The zero-order valence-electron chi connectivity index (χ0n) is 10.7. The molecule has 1 aromatic heterocycles. The third-order valence-corrected chi connectivity index (χ3v) is 3.16. The first-order valence-corrected chi connectivity index (χ1v) is 6.64. The molecule has 0 spiro atoms. The Morgan fingerprint density at radius 2 is 1.95 bits per heavy atom. The molecule has 0 bridgehead atoms. The van der Waals surface area contributed by atoms with Crippen LogP contribution in [0.25, 0.3) is 11.3 Å². The molecule has 7 heteroatoms. The molecule has 0 amide bonds. The van der Waals surface area contributed by atoms with E-state index in [1.54, 1.807) is 37.4 Å². The summed E-state index contributed by atoms with van der Waals surface area (Å²) in [6, 6.07) is 8.33. The lowest BCUT2D eigenvalue weighted by Gasteiger charge is -2.06. The molecular formula is C13H13F2N3OS. The molecule has 0 radical (unpaired) electrons. The summed E-state index contributed by atoms with van der Waals surface area (Å²) in [5, 5.41) is 0. The number of alkyl halides is 2. The van der Waals surface area contributed by atoms with Gasteiger partial charge in [-0.05, 0) is 12.1 Å². The van der Waals surface area contributed by atoms with E-state index in [1.807, 2.05) is 0 Å². The topological polar surface area (TPSA) is 61.0 Å². The molecule has 0 fully saturated rings. The Hall–Kier alpha value is -1.73. The van der Waals surface area contributed by atoms with Gasteiger partial charge in [0.1, 0.15) is 12.4 Å². The van der Waals surface area contributed by atoms with Crippen LogP contribution in [0.4, 0.5) is 14.6 Å². The van der Waals surface area contributed by atoms with Crippen molar-refractivity contribution in [1.29, 1.82) is 0 Å². The zero-order chi connectivity index (χ0) is 14.5. The number of thioether (sulfide) groups is 1. The fourth-order valence-electron chi connectivity index (χ4n) is 1.67. The highest BCUT2D eigenvalue weighted by Gasteiger charge is 2.08. The van der Waals surface area contributed by atoms with E-state index in [2.05, 4.69) is 9.97 Å². The number of hydrogen-bond donors (Lipinski definition) is 1. The van der Waals surface area contributed by atoms with Crippen LogP contribution in [0.1, 0.15) is 5.82 Å². The molecule has 0 saturated carbocycles. The van der Waals surface area contributed by atoms with E-state index in [4.69, 9.17) is 10.5 Å². The van der Waals surface area contributed by atoms with Gasteiger partial charge in [-0.3, -0.25) is 0 Å². The summed E-state index contributed by atoms with van der Waals surface area (Å²) in [6.45, 7) is 0.261. The Bertz CT molecular complexity index is 578. The molecule has 1 aromatic carbocycles. The number of aromatic nitrogens is 2. The monoisotopic (exact) mass is 297 g/mol. The van der Waals surface area contributed by atoms with Crippen LogP contribution in [0.3, 0.4) is 0 Å². The zero-order valence-corrected chi connectivity index (χ0v) is 11.5. The molecule has 1 heterocycles. The van der Waals surface area contributed by atoms with Crippen molar-refractivity contribution in [2.75, 3.05) is 12.8 Å². The number of rotatable bonds is 5. The van der Waals surface area contributed by atoms with E-state index in [0.717, 1.165) is 5.56 Å². The van der Waals surface area contributed by atoms with Crippen molar-refractivity contribution < 1.29 is 13.5 Å². The van der Waals surface area contributed by atoms with Crippen LogP contribution in [0, 0.1) is 0 Å². The molecule has 2 N–H and O–H groups in total. The number of halogens is 2. The first-order valence-electron chi connectivity index (χ1n) is 5.76. The Morgan fingerprint density at radius 1 is 1.25 bits per heavy atom. The Kier molecular flexibility index (Phi) is 4.86. The number of nitrogen functional groups attached to an aromatic ring is 1. The fraction of sp³-hybridized carbons (Fsp3) is 0.231. The van der Waals surface area contributed by atoms with E-state index in [9.17, 15) is 8.78 Å². The van der Waals surface area contributed by atoms with E-state index < -0.39 is 5.76 Å². The second-order valence-electron chi connectivity index (χ2n) is 3.93. The summed E-state index contributed by atoms with van der Waals surface area (Å²) >= 11 is 0.506. The molecule has 2 rings (SSSR count). The average molecular weight is 297 g/mol. The maximum atomic E-state index is 12.2. The molecule has 4 nitrogen and oxygen atoms in total. The van der Waals surface area contributed by atoms with Crippen LogP contribution in [0.2, 0.25) is 0 Å². The van der Waals surface area contributed by atoms with Crippen molar-refractivity contribution >= 4 is 17.6 Å². The van der Waals surface area contributed by atoms with Gasteiger partial charge in [-0.1, -0.05) is 23.9 Å². The minimum atomic E-state index is -2.43. The molecule has 0 atom stereocenters. The highest BCUT2D eigenvalue weighted by Crippen LogP contribution is 2.27. The Morgan fingerprint density at radius 3 is 2.55 bits per heavy atom. The van der Waals surface area contributed by atoms with Gasteiger partial charge in [0.25, 0.3) is 5.76 Å². The number of ether oxygens (including phenoxy) is 1. The quantitative estimate of drug-likeness (QED) is 0.859. The standard InChI is InChI=1S/C13H13F2N3OS/c1-19-7-12-17-10(6-11(16)18-12)8-2-4-9(5-3-8)20-13(14)15/h2-6,13H,7H2,1H3,(H2,16,17,18). The van der Waals surface area contributed by atoms with Crippen molar-refractivity contribution in [3.05, 3.63) is 36.2 Å². The van der Waals surface area contributed by atoms with Gasteiger partial charge in [0.05, 0.1) is 5.69 Å². The van der Waals surface area contributed by atoms with Gasteiger partial charge in [0.15, 0.2) is 5.82 Å². The SMILES string of the molecule is COCc1nc(N)cc(-c2ccc(SC(F)F)cc2)n1. The largest absolute Gasteiger partial charge is 0.384 e. The highest BCUT2D eigenvalue weighted by atomic mass is 32.2. The number of nitrogens with two attached hydrogens (primary N) is 1. The predicted octanol–water partition coefficient (Wildman–Crippen LogP) is 3.19. The molecule has 0 unspecified atom stereocenters. The van der Waals surface area contributed by atoms with Crippen LogP contribution in [-0.4, -0.2) is 22.8 Å². The summed E-state index contributed by atoms with van der Waals surface area (Å²) in [7, 11) is 1.54. The minimum absolute atomic E-state index is 0.261. The Balaban J connectivity index is 2.26. The third kappa shape index (κ3) is 3.88. The molecule has 0 aliphatic heterocycles. The second kappa shape index (κ2) is 6.62. The first-order chi connectivity index (χ1) is 9.58. The van der Waals surface area contributed by atoms with Crippen molar-refractivity contribution in [2.45, 2.75) is 17.3 Å². The van der Waals surface area contributed by atoms with E-state index in [1.165, 1.54) is 0 Å². The second-order valence-corrected chi connectivity index (χ2v) is 4.99.